The number of benzene rings is 1. The van der Waals surface area contributed by atoms with Crippen molar-refractivity contribution in [2.45, 2.75) is 44.7 Å². The van der Waals surface area contributed by atoms with E-state index in [0.29, 0.717) is 38.1 Å². The third-order valence-corrected chi connectivity index (χ3v) is 7.29. The molecule has 5 rings (SSSR count). The van der Waals surface area contributed by atoms with E-state index in [2.05, 4.69) is 10.3 Å². The topological polar surface area (TPSA) is 131 Å². The van der Waals surface area contributed by atoms with Gasteiger partial charge in [-0.2, -0.15) is 0 Å². The number of carboxylic acids is 1. The van der Waals surface area contributed by atoms with Gasteiger partial charge in [-0.15, -0.1) is 12.4 Å². The Labute approximate surface area is 225 Å². The number of nitrogens with one attached hydrogen (secondary N) is 1. The number of hydrogen-bond acceptors (Lipinski definition) is 6. The van der Waals surface area contributed by atoms with Crippen molar-refractivity contribution in [1.82, 2.24) is 14.9 Å². The quantitative estimate of drug-likeness (QED) is 0.398. The van der Waals surface area contributed by atoms with Crippen molar-refractivity contribution in [3.63, 3.8) is 0 Å². The van der Waals surface area contributed by atoms with Crippen molar-refractivity contribution in [3.8, 4) is 0 Å². The average Bonchev–Trinajstić information content (AvgIpc) is 3.64. The molecule has 1 aliphatic heterocycles. The van der Waals surface area contributed by atoms with Crippen molar-refractivity contribution >= 4 is 41.1 Å². The van der Waals surface area contributed by atoms with Crippen molar-refractivity contribution in [2.24, 2.45) is 11.1 Å². The number of nitrogens with zero attached hydrogens (tertiary/aromatic N) is 3. The summed E-state index contributed by atoms with van der Waals surface area (Å²) in [4.78, 5) is 43.2. The number of pyridine rings is 2. The number of hydrogen-bond donors (Lipinski definition) is 3. The Kier molecular flexibility index (Phi) is 7.75. The highest BCUT2D eigenvalue weighted by Gasteiger charge is 2.37. The molecule has 11 heteroatoms. The number of carboxylic acid groups (broad SMARTS) is 1. The van der Waals surface area contributed by atoms with Crippen molar-refractivity contribution in [3.05, 3.63) is 69.8 Å². The van der Waals surface area contributed by atoms with Gasteiger partial charge in [0.2, 0.25) is 11.3 Å². The van der Waals surface area contributed by atoms with Gasteiger partial charge >= 0.3 is 5.97 Å². The number of carbonyl (C=O) groups excluding carboxylic acids is 1. The van der Waals surface area contributed by atoms with Crippen molar-refractivity contribution in [1.29, 1.82) is 0 Å². The maximum absolute atomic E-state index is 15.2. The first-order valence-electron chi connectivity index (χ1n) is 12.5. The first-order chi connectivity index (χ1) is 17.6. The highest BCUT2D eigenvalue weighted by Crippen LogP contribution is 2.38. The second-order valence-electron chi connectivity index (χ2n) is 10.5. The molecule has 0 unspecified atom stereocenters. The molecule has 0 radical (unpaired) electrons. The molecular formula is C27H31ClFN5O4. The molecule has 1 saturated carbocycles. The van der Waals surface area contributed by atoms with Gasteiger partial charge in [-0.3, -0.25) is 9.59 Å². The van der Waals surface area contributed by atoms with Crippen LogP contribution in [0.2, 0.25) is 0 Å². The summed E-state index contributed by atoms with van der Waals surface area (Å²) in [7, 11) is 0. The second-order valence-corrected chi connectivity index (χ2v) is 10.5. The Morgan fingerprint density at radius 2 is 2.00 bits per heavy atom. The molecule has 38 heavy (non-hydrogen) atoms. The van der Waals surface area contributed by atoms with E-state index in [1.807, 2.05) is 42.2 Å². The minimum absolute atomic E-state index is 0. The number of nitrogens with two attached hydrogens (primary N) is 1. The van der Waals surface area contributed by atoms with Gasteiger partial charge in [0.25, 0.3) is 0 Å². The SMILES string of the molecule is C[C@]1(CNC(=O)[C@@H](N)Cc2ccccc2)CCN(c2nc3c(cc2F)c(=O)c(C(=O)O)cn3C2CC2)C1.Cl. The van der Waals surface area contributed by atoms with E-state index in [9.17, 15) is 19.5 Å². The molecule has 1 amide bonds. The van der Waals surface area contributed by atoms with Crippen LogP contribution in [0.1, 0.15) is 48.1 Å². The van der Waals surface area contributed by atoms with Gasteiger partial charge in [-0.25, -0.2) is 14.2 Å². The van der Waals surface area contributed by atoms with Crippen LogP contribution in [-0.2, 0) is 11.2 Å². The Morgan fingerprint density at radius 1 is 1.29 bits per heavy atom. The van der Waals surface area contributed by atoms with Crippen LogP contribution in [0.3, 0.4) is 0 Å². The molecule has 2 fully saturated rings. The monoisotopic (exact) mass is 543 g/mol. The Hall–Kier alpha value is -3.50. The summed E-state index contributed by atoms with van der Waals surface area (Å²) in [5, 5.41) is 12.3. The zero-order chi connectivity index (χ0) is 26.3. The highest BCUT2D eigenvalue weighted by atomic mass is 35.5. The molecule has 9 nitrogen and oxygen atoms in total. The highest BCUT2D eigenvalue weighted by molar-refractivity contribution is 5.92. The van der Waals surface area contributed by atoms with Crippen LogP contribution >= 0.6 is 12.4 Å². The summed E-state index contributed by atoms with van der Waals surface area (Å²) in [6.45, 7) is 3.39. The lowest BCUT2D eigenvalue weighted by Crippen LogP contribution is -2.46. The van der Waals surface area contributed by atoms with E-state index in [1.54, 1.807) is 4.57 Å². The molecule has 3 aromatic rings. The zero-order valence-corrected chi connectivity index (χ0v) is 21.8. The fourth-order valence-corrected chi connectivity index (χ4v) is 4.98. The summed E-state index contributed by atoms with van der Waals surface area (Å²) in [6.07, 6.45) is 4.15. The van der Waals surface area contributed by atoms with E-state index in [1.165, 1.54) is 6.20 Å². The van der Waals surface area contributed by atoms with E-state index < -0.39 is 23.3 Å². The first-order valence-corrected chi connectivity index (χ1v) is 12.5. The molecule has 2 atom stereocenters. The van der Waals surface area contributed by atoms with Gasteiger partial charge in [0, 0.05) is 37.3 Å². The summed E-state index contributed by atoms with van der Waals surface area (Å²) < 4.78 is 16.9. The fraction of sp³-hybridized carbons (Fsp3) is 0.407. The van der Waals surface area contributed by atoms with Gasteiger partial charge < -0.3 is 25.6 Å². The minimum Gasteiger partial charge on any atom is -0.477 e. The lowest BCUT2D eigenvalue weighted by atomic mass is 9.89. The van der Waals surface area contributed by atoms with Gasteiger partial charge in [0.05, 0.1) is 11.4 Å². The normalized spacial score (nSPS) is 19.7. The van der Waals surface area contributed by atoms with Crippen LogP contribution in [0.5, 0.6) is 0 Å². The number of anilines is 1. The first kappa shape index (κ1) is 27.5. The van der Waals surface area contributed by atoms with Crippen LogP contribution in [0.15, 0.2) is 47.4 Å². The third kappa shape index (κ3) is 5.51. The third-order valence-electron chi connectivity index (χ3n) is 7.29. The number of fused-ring (bicyclic) bond motifs is 1. The van der Waals surface area contributed by atoms with Crippen LogP contribution in [0.4, 0.5) is 10.2 Å². The maximum Gasteiger partial charge on any atom is 0.341 e. The van der Waals surface area contributed by atoms with Gasteiger partial charge in [-0.05, 0) is 37.3 Å². The lowest BCUT2D eigenvalue weighted by molar-refractivity contribution is -0.122. The molecule has 1 aromatic carbocycles. The fourth-order valence-electron chi connectivity index (χ4n) is 4.98. The molecule has 3 heterocycles. The van der Waals surface area contributed by atoms with E-state index in [-0.39, 0.29) is 46.5 Å². The molecular weight excluding hydrogens is 513 g/mol. The summed E-state index contributed by atoms with van der Waals surface area (Å²) in [5.41, 5.74) is 5.94. The second kappa shape index (κ2) is 10.7. The summed E-state index contributed by atoms with van der Waals surface area (Å²) >= 11 is 0. The van der Waals surface area contributed by atoms with Gasteiger partial charge in [0.15, 0.2) is 11.6 Å². The zero-order valence-electron chi connectivity index (χ0n) is 21.0. The summed E-state index contributed by atoms with van der Waals surface area (Å²) in [5.74, 6) is -2.12. The Morgan fingerprint density at radius 3 is 2.66 bits per heavy atom. The van der Waals surface area contributed by atoms with E-state index in [0.717, 1.165) is 24.5 Å². The Bertz CT molecular complexity index is 1430. The molecule has 2 aliphatic rings. The van der Waals surface area contributed by atoms with E-state index in [4.69, 9.17) is 5.73 Å². The largest absolute Gasteiger partial charge is 0.477 e. The molecule has 0 bridgehead atoms. The molecule has 202 valence electrons. The molecule has 2 aromatic heterocycles. The minimum atomic E-state index is -1.34. The summed E-state index contributed by atoms with van der Waals surface area (Å²) in [6, 6.07) is 10.1. The van der Waals surface area contributed by atoms with Gasteiger partial charge in [-0.1, -0.05) is 37.3 Å². The molecule has 0 spiro atoms. The maximum atomic E-state index is 15.2. The molecule has 1 aliphatic carbocycles. The van der Waals surface area contributed by atoms with Crippen LogP contribution in [0, 0.1) is 11.2 Å². The van der Waals surface area contributed by atoms with Crippen molar-refractivity contribution in [2.75, 3.05) is 24.5 Å². The van der Waals surface area contributed by atoms with E-state index >= 15 is 4.39 Å². The predicted molar refractivity (Wildman–Crippen MR) is 145 cm³/mol. The lowest BCUT2D eigenvalue weighted by Gasteiger charge is -2.26. The average molecular weight is 544 g/mol. The number of amides is 1. The number of aromatic carboxylic acids is 1. The number of rotatable bonds is 8. The standard InChI is InChI=1S/C27H30FN5O4.ClH/c1-27(14-30-25(35)21(29)11-16-5-3-2-4-6-16)9-10-32(15-27)24-20(28)12-18-22(34)19(26(36)37)13-33(17-7-8-17)23(18)31-24;/h2-6,12-13,17,21H,7-11,14-15,29H2,1H3,(H,30,35)(H,36,37);1H/t21-,27+;/m0./s1. The number of aromatic nitrogens is 2. The Balaban J connectivity index is 0.00000336. The van der Waals surface area contributed by atoms with Crippen LogP contribution in [-0.4, -0.2) is 52.2 Å². The van der Waals surface area contributed by atoms with Crippen LogP contribution in [0.25, 0.3) is 11.0 Å². The number of halogens is 2. The van der Waals surface area contributed by atoms with Crippen LogP contribution < -0.4 is 21.4 Å². The number of carbonyl (C=O) groups is 2. The molecule has 4 N–H and O–H groups in total. The van der Waals surface area contributed by atoms with Crippen molar-refractivity contribution < 1.29 is 19.1 Å². The predicted octanol–water partition coefficient (Wildman–Crippen LogP) is 2.89. The molecule has 1 saturated heterocycles. The smallest absolute Gasteiger partial charge is 0.341 e. The van der Waals surface area contributed by atoms with Gasteiger partial charge in [0.1, 0.15) is 11.2 Å².